The standard InChI is InChI=1S/C24H19N4O.4HI/c1-27-11-9-19(22(14-25)16-27)5-3-18-4-8-24(29)21(13-18)7-6-20-10-12-28(2)17-23(20)15-26;;;;/h3-13,16-17H,1-2H3;4*1H/q+1;;;;/p+1. The Morgan fingerprint density at radius 2 is 1.15 bits per heavy atom. The molecule has 0 amide bonds. The van der Waals surface area contributed by atoms with Crippen molar-refractivity contribution in [3.05, 3.63) is 88.5 Å². The third-order valence-corrected chi connectivity index (χ3v) is 4.46. The van der Waals surface area contributed by atoms with Crippen LogP contribution in [0.4, 0.5) is 0 Å². The number of hydrogen-bond donors (Lipinski definition) is 1. The summed E-state index contributed by atoms with van der Waals surface area (Å²) in [5, 5.41) is 28.8. The molecule has 1 N–H and O–H groups in total. The lowest BCUT2D eigenvalue weighted by Gasteiger charge is -2.02. The number of aromatic nitrogens is 2. The molecule has 172 valence electrons. The lowest BCUT2D eigenvalue weighted by molar-refractivity contribution is -0.671. The van der Waals surface area contributed by atoms with Gasteiger partial charge in [0, 0.05) is 28.8 Å². The molecule has 9 heteroatoms. The highest BCUT2D eigenvalue weighted by molar-refractivity contribution is 14.0. The van der Waals surface area contributed by atoms with Gasteiger partial charge in [0.1, 0.15) is 43.1 Å². The summed E-state index contributed by atoms with van der Waals surface area (Å²) in [6.45, 7) is 0. The van der Waals surface area contributed by atoms with Crippen molar-refractivity contribution in [2.24, 2.45) is 14.1 Å². The summed E-state index contributed by atoms with van der Waals surface area (Å²) in [7, 11) is 3.73. The average Bonchev–Trinajstić information content (AvgIpc) is 2.73. The molecule has 0 bridgehead atoms. The molecule has 5 nitrogen and oxygen atoms in total. The first-order valence-corrected chi connectivity index (χ1v) is 8.98. The molecule has 3 aromatic rings. The van der Waals surface area contributed by atoms with E-state index in [1.807, 2.05) is 72.1 Å². The van der Waals surface area contributed by atoms with Crippen molar-refractivity contribution >= 4 is 120 Å². The first-order valence-electron chi connectivity index (χ1n) is 8.98. The molecule has 2 aromatic heterocycles. The summed E-state index contributed by atoms with van der Waals surface area (Å²) in [6.07, 6.45) is 14.7. The van der Waals surface area contributed by atoms with Crippen LogP contribution in [0.3, 0.4) is 0 Å². The van der Waals surface area contributed by atoms with E-state index in [9.17, 15) is 15.6 Å². The third kappa shape index (κ3) is 9.46. The lowest BCUT2D eigenvalue weighted by Crippen LogP contribution is -2.27. The number of nitriles is 2. The van der Waals surface area contributed by atoms with Gasteiger partial charge in [-0.05, 0) is 17.7 Å². The molecule has 0 aliphatic carbocycles. The molecule has 33 heavy (non-hydrogen) atoms. The molecule has 3 rings (SSSR count). The van der Waals surface area contributed by atoms with Crippen molar-refractivity contribution in [3.63, 3.8) is 0 Å². The van der Waals surface area contributed by atoms with Crippen molar-refractivity contribution in [3.8, 4) is 17.9 Å². The van der Waals surface area contributed by atoms with E-state index < -0.39 is 0 Å². The van der Waals surface area contributed by atoms with E-state index in [2.05, 4.69) is 12.1 Å². The van der Waals surface area contributed by atoms with Crippen LogP contribution in [0, 0.1) is 22.7 Å². The molecule has 0 radical (unpaired) electrons. The van der Waals surface area contributed by atoms with Crippen molar-refractivity contribution in [1.29, 1.82) is 10.5 Å². The number of hydrogen-bond acceptors (Lipinski definition) is 3. The minimum atomic E-state index is 0. The van der Waals surface area contributed by atoms with E-state index >= 15 is 0 Å². The van der Waals surface area contributed by atoms with Crippen LogP contribution in [0.2, 0.25) is 0 Å². The Labute approximate surface area is 262 Å². The zero-order chi connectivity index (χ0) is 20.8. The molecule has 0 unspecified atom stereocenters. The summed E-state index contributed by atoms with van der Waals surface area (Å²) < 4.78 is 3.65. The summed E-state index contributed by atoms with van der Waals surface area (Å²) in [5.74, 6) is 0.155. The van der Waals surface area contributed by atoms with Gasteiger partial charge in [-0.15, -0.1) is 95.9 Å². The van der Waals surface area contributed by atoms with Gasteiger partial charge < -0.3 is 5.11 Å². The highest BCUT2D eigenvalue weighted by Crippen LogP contribution is 2.23. The zero-order valence-electron chi connectivity index (χ0n) is 17.9. The Morgan fingerprint density at radius 3 is 1.64 bits per heavy atom. The van der Waals surface area contributed by atoms with Crippen molar-refractivity contribution in [2.45, 2.75) is 0 Å². The minimum Gasteiger partial charge on any atom is -0.507 e. The molecule has 0 aliphatic rings. The fourth-order valence-electron chi connectivity index (χ4n) is 2.87. The Bertz CT molecular complexity index is 1230. The van der Waals surface area contributed by atoms with Crippen LogP contribution in [-0.2, 0) is 14.1 Å². The van der Waals surface area contributed by atoms with Crippen LogP contribution in [0.5, 0.6) is 5.75 Å². The predicted molar refractivity (Wildman–Crippen MR) is 172 cm³/mol. The van der Waals surface area contributed by atoms with Gasteiger partial charge in [-0.3, -0.25) is 0 Å². The second-order valence-corrected chi connectivity index (χ2v) is 6.67. The van der Waals surface area contributed by atoms with Gasteiger partial charge in [-0.2, -0.15) is 10.5 Å². The fourth-order valence-corrected chi connectivity index (χ4v) is 2.87. The fraction of sp³-hybridized carbons (Fsp3) is 0.0833. The van der Waals surface area contributed by atoms with Crippen molar-refractivity contribution in [2.75, 3.05) is 0 Å². The first-order chi connectivity index (χ1) is 14.0. The number of nitrogens with zero attached hydrogens (tertiary/aromatic N) is 4. The van der Waals surface area contributed by atoms with E-state index in [4.69, 9.17) is 0 Å². The van der Waals surface area contributed by atoms with Gasteiger partial charge in [-0.25, -0.2) is 9.13 Å². The number of rotatable bonds is 4. The Hall–Kier alpha value is -1.30. The molecule has 2 heterocycles. The van der Waals surface area contributed by atoms with E-state index in [1.165, 1.54) is 0 Å². The highest BCUT2D eigenvalue weighted by atomic mass is 127. The summed E-state index contributed by atoms with van der Waals surface area (Å²) >= 11 is 0. The summed E-state index contributed by atoms with van der Waals surface area (Å²) in [5.41, 5.74) is 4.28. The Balaban J connectivity index is 0. The van der Waals surface area contributed by atoms with Gasteiger partial charge >= 0.3 is 0 Å². The van der Waals surface area contributed by atoms with Crippen LogP contribution in [0.15, 0.2) is 55.1 Å². The molecule has 0 saturated carbocycles. The second-order valence-electron chi connectivity index (χ2n) is 6.67. The smallest absolute Gasteiger partial charge is 0.187 e. The Kier molecular flexibility index (Phi) is 16.8. The van der Waals surface area contributed by atoms with Crippen LogP contribution in [0.25, 0.3) is 24.3 Å². The van der Waals surface area contributed by atoms with Gasteiger partial charge in [0.25, 0.3) is 0 Å². The van der Waals surface area contributed by atoms with Gasteiger partial charge in [0.2, 0.25) is 0 Å². The lowest BCUT2D eigenvalue weighted by atomic mass is 10.0. The quantitative estimate of drug-likeness (QED) is 0.274. The molecule has 0 atom stereocenters. The molecular weight excluding hydrogens is 868 g/mol. The van der Waals surface area contributed by atoms with Crippen LogP contribution in [-0.4, -0.2) is 5.11 Å². The number of aromatic hydroxyl groups is 1. The maximum Gasteiger partial charge on any atom is 0.187 e. The Morgan fingerprint density at radius 1 is 0.697 bits per heavy atom. The number of pyridine rings is 2. The van der Waals surface area contributed by atoms with E-state index in [0.717, 1.165) is 16.7 Å². The zero-order valence-corrected chi connectivity index (χ0v) is 27.2. The maximum atomic E-state index is 10.2. The number of phenolic OH excluding ortho intramolecular Hbond substituents is 1. The van der Waals surface area contributed by atoms with E-state index in [1.54, 1.807) is 30.6 Å². The minimum absolute atomic E-state index is 0. The first kappa shape index (κ1) is 33.9. The normalized spacial score (nSPS) is 9.58. The predicted octanol–water partition coefficient (Wildman–Crippen LogP) is 5.60. The topological polar surface area (TPSA) is 75.6 Å². The number of benzene rings is 1. The van der Waals surface area contributed by atoms with Crippen LogP contribution >= 0.6 is 95.9 Å². The monoisotopic (exact) mass is 892 g/mol. The molecule has 1 aromatic carbocycles. The third-order valence-electron chi connectivity index (χ3n) is 4.46. The summed E-state index contributed by atoms with van der Waals surface area (Å²) in [4.78, 5) is 0. The van der Waals surface area contributed by atoms with Crippen molar-refractivity contribution in [1.82, 2.24) is 0 Å². The molecule has 0 aliphatic heterocycles. The van der Waals surface area contributed by atoms with E-state index in [0.29, 0.717) is 16.7 Å². The van der Waals surface area contributed by atoms with Crippen molar-refractivity contribution < 1.29 is 14.2 Å². The molecule has 0 fully saturated rings. The highest BCUT2D eigenvalue weighted by Gasteiger charge is 2.06. The number of halogens is 4. The molecular formula is C24H24I4N4O+2. The largest absolute Gasteiger partial charge is 0.507 e. The average molecular weight is 892 g/mol. The molecule has 0 saturated heterocycles. The SMILES string of the molecule is C[n+]1ccc(/C=C/c2ccc(O)c(/C=C/c3cc[n+](C)cc3C#N)c2)c(C#N)c1.I.I.I.I. The van der Waals surface area contributed by atoms with Crippen LogP contribution < -0.4 is 9.13 Å². The van der Waals surface area contributed by atoms with Crippen LogP contribution in [0.1, 0.15) is 33.4 Å². The molecule has 0 spiro atoms. The van der Waals surface area contributed by atoms with E-state index in [-0.39, 0.29) is 102 Å². The van der Waals surface area contributed by atoms with Gasteiger partial charge in [0.15, 0.2) is 24.8 Å². The summed E-state index contributed by atoms with van der Waals surface area (Å²) in [6, 6.07) is 13.4. The number of phenols is 1. The second kappa shape index (κ2) is 16.3. The maximum absolute atomic E-state index is 10.2. The van der Waals surface area contributed by atoms with Gasteiger partial charge in [0.05, 0.1) is 0 Å². The number of aryl methyl sites for hydroxylation is 2. The van der Waals surface area contributed by atoms with Gasteiger partial charge in [-0.1, -0.05) is 30.4 Å².